The summed E-state index contributed by atoms with van der Waals surface area (Å²) in [7, 11) is 1.71. The first-order valence-electron chi connectivity index (χ1n) is 6.43. The molecule has 0 spiro atoms. The highest BCUT2D eigenvalue weighted by molar-refractivity contribution is 5.32. The second-order valence-corrected chi connectivity index (χ2v) is 5.56. The predicted octanol–water partition coefficient (Wildman–Crippen LogP) is 2.94. The molecule has 1 aromatic carbocycles. The van der Waals surface area contributed by atoms with Crippen LogP contribution in [0, 0.1) is 12.3 Å². The van der Waals surface area contributed by atoms with Crippen LogP contribution in [-0.2, 0) is 0 Å². The Morgan fingerprint density at radius 1 is 1.39 bits per heavy atom. The molecule has 2 rings (SSSR count). The van der Waals surface area contributed by atoms with E-state index in [1.165, 1.54) is 5.56 Å². The van der Waals surface area contributed by atoms with E-state index in [9.17, 15) is 0 Å². The van der Waals surface area contributed by atoms with E-state index in [1.54, 1.807) is 7.11 Å². The van der Waals surface area contributed by atoms with Gasteiger partial charge in [0.1, 0.15) is 5.75 Å². The Morgan fingerprint density at radius 3 is 2.72 bits per heavy atom. The van der Waals surface area contributed by atoms with E-state index in [0.717, 1.165) is 18.6 Å². The lowest BCUT2D eigenvalue weighted by atomic mass is 9.75. The summed E-state index contributed by atoms with van der Waals surface area (Å²) in [5.41, 5.74) is 1.16. The zero-order chi connectivity index (χ0) is 13.2. The minimum absolute atomic E-state index is 0.204. The van der Waals surface area contributed by atoms with Crippen LogP contribution in [0.25, 0.3) is 0 Å². The van der Waals surface area contributed by atoms with Crippen LogP contribution >= 0.6 is 0 Å². The molecule has 0 heterocycles. The Labute approximate surface area is 110 Å². The molecule has 0 aliphatic heterocycles. The number of methoxy groups -OCH3 is 1. The third-order valence-corrected chi connectivity index (χ3v) is 3.63. The molecule has 0 radical (unpaired) electrons. The van der Waals surface area contributed by atoms with E-state index in [1.807, 2.05) is 19.9 Å². The van der Waals surface area contributed by atoms with Crippen molar-refractivity contribution in [2.24, 2.45) is 0 Å². The first-order valence-corrected chi connectivity index (χ1v) is 6.43. The van der Waals surface area contributed by atoms with Crippen LogP contribution in [0.3, 0.4) is 0 Å². The quantitative estimate of drug-likeness (QED) is 0.821. The molecule has 1 aromatic rings. The van der Waals surface area contributed by atoms with Crippen molar-refractivity contribution in [2.45, 2.75) is 44.2 Å². The largest absolute Gasteiger partial charge is 0.497 e. The lowest BCUT2D eigenvalue weighted by Gasteiger charge is -2.40. The summed E-state index contributed by atoms with van der Waals surface area (Å²) < 4.78 is 5.26. The van der Waals surface area contributed by atoms with Crippen molar-refractivity contribution in [3.05, 3.63) is 29.8 Å². The van der Waals surface area contributed by atoms with Crippen LogP contribution in [0.1, 0.15) is 38.2 Å². The molecule has 1 fully saturated rings. The van der Waals surface area contributed by atoms with Crippen molar-refractivity contribution < 1.29 is 4.74 Å². The van der Waals surface area contributed by atoms with Crippen molar-refractivity contribution in [1.82, 2.24) is 5.32 Å². The average Bonchev–Trinajstić information content (AvgIpc) is 2.33. The highest BCUT2D eigenvalue weighted by Gasteiger charge is 2.33. The van der Waals surface area contributed by atoms with Gasteiger partial charge in [-0.15, -0.1) is 6.42 Å². The van der Waals surface area contributed by atoms with Crippen molar-refractivity contribution in [2.75, 3.05) is 7.11 Å². The number of terminal acetylenes is 1. The molecule has 2 heteroatoms. The molecule has 0 atom stereocenters. The van der Waals surface area contributed by atoms with Crippen LogP contribution in [0.15, 0.2) is 24.3 Å². The van der Waals surface area contributed by atoms with Gasteiger partial charge in [0.25, 0.3) is 0 Å². The number of nitrogens with one attached hydrogen (secondary N) is 1. The molecular weight excluding hydrogens is 222 g/mol. The standard InChI is InChI=1S/C16H21NO/c1-5-16(2,3)17-14-9-13(10-14)12-7-6-8-15(11-12)18-4/h1,6-8,11,13-14,17H,9-10H2,2-4H3. The van der Waals surface area contributed by atoms with Crippen LogP contribution in [-0.4, -0.2) is 18.7 Å². The summed E-state index contributed by atoms with van der Waals surface area (Å²) in [5.74, 6) is 4.35. The Hall–Kier alpha value is -1.46. The van der Waals surface area contributed by atoms with E-state index in [-0.39, 0.29) is 5.54 Å². The van der Waals surface area contributed by atoms with Crippen LogP contribution < -0.4 is 10.1 Å². The molecule has 0 aromatic heterocycles. The lowest BCUT2D eigenvalue weighted by Crippen LogP contribution is -2.50. The topological polar surface area (TPSA) is 21.3 Å². The van der Waals surface area contributed by atoms with E-state index in [4.69, 9.17) is 11.2 Å². The molecular formula is C16H21NO. The Balaban J connectivity index is 1.91. The Morgan fingerprint density at radius 2 is 2.11 bits per heavy atom. The molecule has 0 unspecified atom stereocenters. The summed E-state index contributed by atoms with van der Waals surface area (Å²) in [5, 5.41) is 3.50. The number of hydrogen-bond acceptors (Lipinski definition) is 2. The molecule has 2 nitrogen and oxygen atoms in total. The number of benzene rings is 1. The van der Waals surface area contributed by atoms with Crippen molar-refractivity contribution >= 4 is 0 Å². The van der Waals surface area contributed by atoms with Gasteiger partial charge in [-0.25, -0.2) is 0 Å². The molecule has 18 heavy (non-hydrogen) atoms. The molecule has 0 bridgehead atoms. The summed E-state index contributed by atoms with van der Waals surface area (Å²) in [6.45, 7) is 4.09. The van der Waals surface area contributed by atoms with E-state index >= 15 is 0 Å². The molecule has 96 valence electrons. The lowest BCUT2D eigenvalue weighted by molar-refractivity contribution is 0.252. The smallest absolute Gasteiger partial charge is 0.119 e. The van der Waals surface area contributed by atoms with E-state index < -0.39 is 0 Å². The minimum atomic E-state index is -0.204. The maximum absolute atomic E-state index is 5.49. The van der Waals surface area contributed by atoms with Crippen molar-refractivity contribution in [3.63, 3.8) is 0 Å². The molecule has 1 aliphatic carbocycles. The van der Waals surface area contributed by atoms with Crippen molar-refractivity contribution in [3.8, 4) is 18.1 Å². The van der Waals surface area contributed by atoms with Gasteiger partial charge in [0.05, 0.1) is 12.6 Å². The van der Waals surface area contributed by atoms with Crippen LogP contribution in [0.4, 0.5) is 0 Å². The summed E-state index contributed by atoms with van der Waals surface area (Å²) >= 11 is 0. The van der Waals surface area contributed by atoms with Gasteiger partial charge >= 0.3 is 0 Å². The van der Waals surface area contributed by atoms with E-state index in [2.05, 4.69) is 29.4 Å². The highest BCUT2D eigenvalue weighted by atomic mass is 16.5. The molecule has 0 saturated heterocycles. The second-order valence-electron chi connectivity index (χ2n) is 5.56. The van der Waals surface area contributed by atoms with Gasteiger partial charge in [-0.05, 0) is 50.3 Å². The molecule has 1 aliphatic rings. The average molecular weight is 243 g/mol. The van der Waals surface area contributed by atoms with Crippen molar-refractivity contribution in [1.29, 1.82) is 0 Å². The van der Waals surface area contributed by atoms with Gasteiger partial charge < -0.3 is 4.74 Å². The third kappa shape index (κ3) is 2.86. The highest BCUT2D eigenvalue weighted by Crippen LogP contribution is 2.38. The van der Waals surface area contributed by atoms with Gasteiger partial charge in [0, 0.05) is 6.04 Å². The first kappa shape index (κ1) is 13.0. The van der Waals surface area contributed by atoms with Gasteiger partial charge in [-0.2, -0.15) is 0 Å². The molecule has 1 N–H and O–H groups in total. The maximum atomic E-state index is 5.49. The Kier molecular flexibility index (Phi) is 3.63. The van der Waals surface area contributed by atoms with Crippen LogP contribution in [0.2, 0.25) is 0 Å². The number of rotatable bonds is 4. The minimum Gasteiger partial charge on any atom is -0.497 e. The fourth-order valence-electron chi connectivity index (χ4n) is 2.46. The Bertz CT molecular complexity index is 452. The third-order valence-electron chi connectivity index (χ3n) is 3.63. The molecule has 0 amide bonds. The predicted molar refractivity (Wildman–Crippen MR) is 74.8 cm³/mol. The molecule has 1 saturated carbocycles. The van der Waals surface area contributed by atoms with Crippen LogP contribution in [0.5, 0.6) is 5.75 Å². The van der Waals surface area contributed by atoms with Gasteiger partial charge in [-0.1, -0.05) is 18.1 Å². The normalized spacial score (nSPS) is 23.0. The maximum Gasteiger partial charge on any atom is 0.119 e. The van der Waals surface area contributed by atoms with E-state index in [0.29, 0.717) is 12.0 Å². The first-order chi connectivity index (χ1) is 8.54. The zero-order valence-electron chi connectivity index (χ0n) is 11.4. The number of hydrogen-bond donors (Lipinski definition) is 1. The fourth-order valence-corrected chi connectivity index (χ4v) is 2.46. The second kappa shape index (κ2) is 5.04. The fraction of sp³-hybridized carbons (Fsp3) is 0.500. The zero-order valence-corrected chi connectivity index (χ0v) is 11.4. The van der Waals surface area contributed by atoms with Gasteiger partial charge in [0.15, 0.2) is 0 Å². The summed E-state index contributed by atoms with van der Waals surface area (Å²) in [6, 6.07) is 8.88. The number of ether oxygens (including phenoxy) is 1. The van der Waals surface area contributed by atoms with Gasteiger partial charge in [-0.3, -0.25) is 5.32 Å². The monoisotopic (exact) mass is 243 g/mol. The van der Waals surface area contributed by atoms with Gasteiger partial charge in [0.2, 0.25) is 0 Å². The summed E-state index contributed by atoms with van der Waals surface area (Å²) in [4.78, 5) is 0. The SMILES string of the molecule is C#CC(C)(C)NC1CC(c2cccc(OC)c2)C1. The summed E-state index contributed by atoms with van der Waals surface area (Å²) in [6.07, 6.45) is 7.79.